The van der Waals surface area contributed by atoms with Crippen molar-refractivity contribution in [1.82, 2.24) is 19.6 Å². The first-order chi connectivity index (χ1) is 14.2. The van der Waals surface area contributed by atoms with Crippen molar-refractivity contribution in [2.45, 2.75) is 39.8 Å². The summed E-state index contributed by atoms with van der Waals surface area (Å²) in [6, 6.07) is 8.46. The molecule has 0 spiro atoms. The summed E-state index contributed by atoms with van der Waals surface area (Å²) in [5.74, 6) is 0.569. The first-order valence-corrected chi connectivity index (χ1v) is 12.4. The Morgan fingerprint density at radius 2 is 1.73 bits per heavy atom. The van der Waals surface area contributed by atoms with Gasteiger partial charge in [-0.2, -0.15) is 5.10 Å². The second-order valence-corrected chi connectivity index (χ2v) is 10.8. The largest absolute Gasteiger partial charge is 0.336 e. The lowest BCUT2D eigenvalue weighted by molar-refractivity contribution is 0.0586. The zero-order valence-corrected chi connectivity index (χ0v) is 18.8. The molecule has 2 fully saturated rings. The summed E-state index contributed by atoms with van der Waals surface area (Å²) in [6.07, 6.45) is 0.709. The molecular formula is C22H30N4O3S. The van der Waals surface area contributed by atoms with E-state index >= 15 is 0 Å². The van der Waals surface area contributed by atoms with Crippen molar-refractivity contribution in [2.24, 2.45) is 0 Å². The van der Waals surface area contributed by atoms with E-state index in [-0.39, 0.29) is 23.5 Å². The normalized spacial score (nSPS) is 21.8. The number of piperazine rings is 1. The number of benzene rings is 1. The second kappa shape index (κ2) is 8.15. The second-order valence-electron chi connectivity index (χ2n) is 8.57. The van der Waals surface area contributed by atoms with E-state index < -0.39 is 9.84 Å². The van der Waals surface area contributed by atoms with Gasteiger partial charge in [0, 0.05) is 37.9 Å². The Kier molecular flexibility index (Phi) is 5.72. The summed E-state index contributed by atoms with van der Waals surface area (Å²) < 4.78 is 25.4. The van der Waals surface area contributed by atoms with Crippen LogP contribution in [0.3, 0.4) is 0 Å². The molecule has 2 aromatic rings. The molecule has 2 aliphatic heterocycles. The van der Waals surface area contributed by atoms with E-state index in [9.17, 15) is 13.2 Å². The molecule has 0 radical (unpaired) electrons. The average Bonchev–Trinajstić information content (AvgIpc) is 3.21. The van der Waals surface area contributed by atoms with Gasteiger partial charge in [0.2, 0.25) is 0 Å². The van der Waals surface area contributed by atoms with Crippen LogP contribution in [0.2, 0.25) is 0 Å². The fraction of sp³-hybridized carbons (Fsp3) is 0.545. The van der Waals surface area contributed by atoms with Crippen molar-refractivity contribution in [1.29, 1.82) is 0 Å². The molecular weight excluding hydrogens is 400 g/mol. The number of rotatable bonds is 4. The SMILES string of the molecule is Cc1ccc(Cn2nc(C)c(C(=O)N3CCN([C@H]4CCS(=O)(=O)C4)CC3)c2C)cc1. The van der Waals surface area contributed by atoms with Gasteiger partial charge in [-0.1, -0.05) is 29.8 Å². The highest BCUT2D eigenvalue weighted by molar-refractivity contribution is 7.91. The molecule has 4 rings (SSSR count). The molecule has 0 bridgehead atoms. The third kappa shape index (κ3) is 4.30. The quantitative estimate of drug-likeness (QED) is 0.739. The maximum atomic E-state index is 13.2. The number of aromatic nitrogens is 2. The average molecular weight is 431 g/mol. The Hall–Kier alpha value is -2.19. The van der Waals surface area contributed by atoms with Gasteiger partial charge in [0.25, 0.3) is 5.91 Å². The monoisotopic (exact) mass is 430 g/mol. The zero-order chi connectivity index (χ0) is 21.5. The maximum Gasteiger partial charge on any atom is 0.257 e. The van der Waals surface area contributed by atoms with Crippen LogP contribution in [0.1, 0.15) is 39.3 Å². The van der Waals surface area contributed by atoms with Crippen LogP contribution in [0.4, 0.5) is 0 Å². The van der Waals surface area contributed by atoms with Crippen LogP contribution in [0, 0.1) is 20.8 Å². The van der Waals surface area contributed by atoms with Crippen molar-refractivity contribution in [3.63, 3.8) is 0 Å². The molecule has 1 amide bonds. The molecule has 0 unspecified atom stereocenters. The van der Waals surface area contributed by atoms with Crippen molar-refractivity contribution >= 4 is 15.7 Å². The number of nitrogens with zero attached hydrogens (tertiary/aromatic N) is 4. The molecule has 8 heteroatoms. The van der Waals surface area contributed by atoms with E-state index in [0.29, 0.717) is 31.6 Å². The topological polar surface area (TPSA) is 75.5 Å². The number of carbonyl (C=O) groups excluding carboxylic acids is 1. The summed E-state index contributed by atoms with van der Waals surface area (Å²) >= 11 is 0. The van der Waals surface area contributed by atoms with Crippen LogP contribution in [0.25, 0.3) is 0 Å². The summed E-state index contributed by atoms with van der Waals surface area (Å²) in [4.78, 5) is 17.4. The Bertz CT molecular complexity index is 1040. The molecule has 0 N–H and O–H groups in total. The van der Waals surface area contributed by atoms with Gasteiger partial charge in [-0.3, -0.25) is 14.4 Å². The van der Waals surface area contributed by atoms with Crippen LogP contribution in [-0.4, -0.2) is 77.6 Å². The lowest BCUT2D eigenvalue weighted by atomic mass is 10.1. The Morgan fingerprint density at radius 3 is 2.33 bits per heavy atom. The minimum atomic E-state index is -2.89. The Labute approximate surface area is 178 Å². The number of amides is 1. The standard InChI is InChI=1S/C22H30N4O3S/c1-16-4-6-19(7-5-16)14-26-18(3)21(17(2)23-26)22(27)25-11-9-24(10-12-25)20-8-13-30(28,29)15-20/h4-7,20H,8-15H2,1-3H3/t20-/m0/s1. The molecule has 2 aliphatic rings. The molecule has 2 saturated heterocycles. The van der Waals surface area contributed by atoms with Crippen molar-refractivity contribution in [3.05, 3.63) is 52.3 Å². The summed E-state index contributed by atoms with van der Waals surface area (Å²) in [5.41, 5.74) is 4.72. The number of aryl methyl sites for hydroxylation is 2. The first kappa shape index (κ1) is 21.1. The lowest BCUT2D eigenvalue weighted by Crippen LogP contribution is -2.52. The molecule has 7 nitrogen and oxygen atoms in total. The smallest absolute Gasteiger partial charge is 0.257 e. The number of hydrogen-bond donors (Lipinski definition) is 0. The molecule has 1 atom stereocenters. The van der Waals surface area contributed by atoms with Gasteiger partial charge in [-0.15, -0.1) is 0 Å². The van der Waals surface area contributed by atoms with Gasteiger partial charge < -0.3 is 4.90 Å². The summed E-state index contributed by atoms with van der Waals surface area (Å²) in [7, 11) is -2.89. The van der Waals surface area contributed by atoms with Gasteiger partial charge in [0.1, 0.15) is 0 Å². The van der Waals surface area contributed by atoms with Crippen LogP contribution < -0.4 is 0 Å². The third-order valence-electron chi connectivity index (χ3n) is 6.37. The van der Waals surface area contributed by atoms with Gasteiger partial charge >= 0.3 is 0 Å². The highest BCUT2D eigenvalue weighted by Crippen LogP contribution is 2.22. The van der Waals surface area contributed by atoms with Crippen LogP contribution in [-0.2, 0) is 16.4 Å². The van der Waals surface area contributed by atoms with E-state index in [1.807, 2.05) is 23.4 Å². The first-order valence-electron chi connectivity index (χ1n) is 10.6. The van der Waals surface area contributed by atoms with Gasteiger partial charge in [0.05, 0.1) is 29.3 Å². The van der Waals surface area contributed by atoms with E-state index in [4.69, 9.17) is 0 Å². The van der Waals surface area contributed by atoms with Crippen molar-refractivity contribution in [3.8, 4) is 0 Å². The molecule has 1 aromatic carbocycles. The fourth-order valence-electron chi connectivity index (χ4n) is 4.54. The maximum absolute atomic E-state index is 13.2. The van der Waals surface area contributed by atoms with Crippen molar-refractivity contribution in [2.75, 3.05) is 37.7 Å². The highest BCUT2D eigenvalue weighted by Gasteiger charge is 2.35. The molecule has 3 heterocycles. The fourth-order valence-corrected chi connectivity index (χ4v) is 6.30. The Balaban J connectivity index is 1.42. The lowest BCUT2D eigenvalue weighted by Gasteiger charge is -2.37. The molecule has 0 aliphatic carbocycles. The number of sulfone groups is 1. The minimum Gasteiger partial charge on any atom is -0.336 e. The summed E-state index contributed by atoms with van der Waals surface area (Å²) in [6.45, 7) is 9.25. The van der Waals surface area contributed by atoms with Crippen LogP contribution in [0.15, 0.2) is 24.3 Å². The molecule has 1 aromatic heterocycles. The van der Waals surface area contributed by atoms with E-state index in [1.165, 1.54) is 5.56 Å². The highest BCUT2D eigenvalue weighted by atomic mass is 32.2. The molecule has 30 heavy (non-hydrogen) atoms. The van der Waals surface area contributed by atoms with Gasteiger partial charge in [0.15, 0.2) is 9.84 Å². The summed E-state index contributed by atoms with van der Waals surface area (Å²) in [5, 5.41) is 4.63. The molecule has 162 valence electrons. The number of hydrogen-bond acceptors (Lipinski definition) is 5. The predicted octanol–water partition coefficient (Wildman–Crippen LogP) is 1.80. The third-order valence-corrected chi connectivity index (χ3v) is 8.12. The van der Waals surface area contributed by atoms with E-state index in [1.54, 1.807) is 0 Å². The van der Waals surface area contributed by atoms with E-state index in [2.05, 4.69) is 41.2 Å². The minimum absolute atomic E-state index is 0.0267. The van der Waals surface area contributed by atoms with Crippen LogP contribution in [0.5, 0.6) is 0 Å². The van der Waals surface area contributed by atoms with Crippen molar-refractivity contribution < 1.29 is 13.2 Å². The van der Waals surface area contributed by atoms with Gasteiger partial charge in [-0.05, 0) is 32.8 Å². The molecule has 0 saturated carbocycles. The van der Waals surface area contributed by atoms with Crippen LogP contribution >= 0.6 is 0 Å². The Morgan fingerprint density at radius 1 is 1.07 bits per heavy atom. The number of carbonyl (C=O) groups is 1. The van der Waals surface area contributed by atoms with E-state index in [0.717, 1.165) is 30.0 Å². The zero-order valence-electron chi connectivity index (χ0n) is 18.0. The predicted molar refractivity (Wildman–Crippen MR) is 117 cm³/mol. The van der Waals surface area contributed by atoms with Gasteiger partial charge in [-0.25, -0.2) is 8.42 Å².